The van der Waals surface area contributed by atoms with Crippen LogP contribution in [0.4, 0.5) is 0 Å². The van der Waals surface area contributed by atoms with Crippen molar-refractivity contribution in [1.82, 2.24) is 0 Å². The highest BCUT2D eigenvalue weighted by Gasteiger charge is 2.29. The number of allylic oxidation sites excluding steroid dienone is 2. The lowest BCUT2D eigenvalue weighted by atomic mass is 9.74. The summed E-state index contributed by atoms with van der Waals surface area (Å²) in [6.07, 6.45) is 11.4. The van der Waals surface area contributed by atoms with Crippen molar-refractivity contribution in [2.24, 2.45) is 11.8 Å². The molecule has 2 aliphatic carbocycles. The molecule has 3 unspecified atom stereocenters. The quantitative estimate of drug-likeness (QED) is 0.592. The van der Waals surface area contributed by atoms with Crippen LogP contribution in [0, 0.1) is 11.8 Å². The molecule has 3 rings (SSSR count). The number of fused-ring (bicyclic) bond motifs is 1. The first kappa shape index (κ1) is 15.1. The zero-order valence-corrected chi connectivity index (χ0v) is 13.1. The van der Waals surface area contributed by atoms with Crippen LogP contribution in [0.2, 0.25) is 0 Å². The van der Waals surface area contributed by atoms with Crippen molar-refractivity contribution in [3.63, 3.8) is 0 Å². The van der Waals surface area contributed by atoms with E-state index < -0.39 is 0 Å². The van der Waals surface area contributed by atoms with E-state index in [2.05, 4.69) is 13.0 Å². The maximum Gasteiger partial charge on any atom is 0.163 e. The first-order valence-electron chi connectivity index (χ1n) is 7.97. The second kappa shape index (κ2) is 6.41. The van der Waals surface area contributed by atoms with Gasteiger partial charge in [-0.25, -0.2) is 0 Å². The predicted molar refractivity (Wildman–Crippen MR) is 79.0 cm³/mol. The molecule has 19 heavy (non-hydrogen) atoms. The lowest BCUT2D eigenvalue weighted by Crippen LogP contribution is -2.20. The maximum absolute atomic E-state index is 5.33. The molecule has 1 saturated carbocycles. The van der Waals surface area contributed by atoms with Gasteiger partial charge in [-0.05, 0) is 71.1 Å². The summed E-state index contributed by atoms with van der Waals surface area (Å²) in [5.41, 5.74) is 1.80. The van der Waals surface area contributed by atoms with Gasteiger partial charge in [0.1, 0.15) is 0 Å². The molecular formula is C17H30O2. The van der Waals surface area contributed by atoms with Crippen LogP contribution in [0.3, 0.4) is 0 Å². The van der Waals surface area contributed by atoms with Gasteiger partial charge in [0, 0.05) is 0 Å². The van der Waals surface area contributed by atoms with Crippen LogP contribution in [0.15, 0.2) is 11.6 Å². The molecule has 0 amide bonds. The van der Waals surface area contributed by atoms with Crippen molar-refractivity contribution in [2.45, 2.75) is 78.1 Å². The smallest absolute Gasteiger partial charge is 0.163 e. The minimum absolute atomic E-state index is 0.269. The number of ether oxygens (including phenoxy) is 2. The van der Waals surface area contributed by atoms with E-state index in [1.807, 2.05) is 20.8 Å². The van der Waals surface area contributed by atoms with Gasteiger partial charge >= 0.3 is 0 Å². The predicted octanol–water partition coefficient (Wildman–Crippen LogP) is 4.69. The average Bonchev–Trinajstić information content (AvgIpc) is 2.68. The molecule has 3 atom stereocenters. The van der Waals surface area contributed by atoms with Gasteiger partial charge in [0.15, 0.2) is 5.79 Å². The minimum atomic E-state index is -0.334. The molecule has 0 aromatic carbocycles. The molecule has 2 nitrogen and oxygen atoms in total. The summed E-state index contributed by atoms with van der Waals surface area (Å²) in [5, 5.41) is 0. The lowest BCUT2D eigenvalue weighted by molar-refractivity contribution is -0.136. The van der Waals surface area contributed by atoms with Gasteiger partial charge in [-0.1, -0.05) is 18.6 Å². The van der Waals surface area contributed by atoms with Crippen molar-refractivity contribution >= 4 is 0 Å². The van der Waals surface area contributed by atoms with Gasteiger partial charge in [0.25, 0.3) is 0 Å². The number of hydrogen-bond acceptors (Lipinski definition) is 2. The molecule has 0 spiro atoms. The van der Waals surface area contributed by atoms with E-state index in [4.69, 9.17) is 9.47 Å². The third kappa shape index (κ3) is 4.61. The second-order valence-electron chi connectivity index (χ2n) is 6.93. The first-order valence-corrected chi connectivity index (χ1v) is 7.97. The minimum Gasteiger partial charge on any atom is -0.348 e. The Hall–Kier alpha value is -0.340. The summed E-state index contributed by atoms with van der Waals surface area (Å²) in [4.78, 5) is 0. The zero-order chi connectivity index (χ0) is 13.9. The highest BCUT2D eigenvalue weighted by molar-refractivity contribution is 5.12. The van der Waals surface area contributed by atoms with E-state index in [1.165, 1.54) is 38.5 Å². The SMILES string of the molecule is CC1CCC2=CCCCC2C1.CC1COC(C)(C)O1. The van der Waals surface area contributed by atoms with Gasteiger partial charge in [-0.2, -0.15) is 0 Å². The Balaban J connectivity index is 0.000000148. The van der Waals surface area contributed by atoms with Crippen molar-refractivity contribution in [2.75, 3.05) is 6.61 Å². The van der Waals surface area contributed by atoms with Crippen molar-refractivity contribution in [3.8, 4) is 0 Å². The van der Waals surface area contributed by atoms with Crippen LogP contribution in [-0.2, 0) is 9.47 Å². The van der Waals surface area contributed by atoms with E-state index in [0.29, 0.717) is 0 Å². The van der Waals surface area contributed by atoms with Gasteiger partial charge in [0.05, 0.1) is 12.7 Å². The Morgan fingerprint density at radius 1 is 1.21 bits per heavy atom. The standard InChI is InChI=1S/C11H18.C6H12O2/c1-9-6-7-10-4-2-3-5-11(10)8-9;1-5-4-7-6(2,3)8-5/h4,9,11H,2-3,5-8H2,1H3;5H,4H2,1-3H3. The topological polar surface area (TPSA) is 18.5 Å². The van der Waals surface area contributed by atoms with Crippen LogP contribution in [-0.4, -0.2) is 18.5 Å². The monoisotopic (exact) mass is 266 g/mol. The van der Waals surface area contributed by atoms with Gasteiger partial charge in [-0.15, -0.1) is 0 Å². The van der Waals surface area contributed by atoms with Crippen molar-refractivity contribution in [1.29, 1.82) is 0 Å². The van der Waals surface area contributed by atoms with Crippen molar-refractivity contribution in [3.05, 3.63) is 11.6 Å². The van der Waals surface area contributed by atoms with Crippen LogP contribution < -0.4 is 0 Å². The molecule has 1 heterocycles. The fraction of sp³-hybridized carbons (Fsp3) is 0.882. The van der Waals surface area contributed by atoms with E-state index in [1.54, 1.807) is 5.57 Å². The average molecular weight is 266 g/mol. The Kier molecular flexibility index (Phi) is 5.08. The third-order valence-electron chi connectivity index (χ3n) is 4.45. The lowest BCUT2D eigenvalue weighted by Gasteiger charge is -2.32. The molecule has 2 fully saturated rings. The van der Waals surface area contributed by atoms with Crippen LogP contribution >= 0.6 is 0 Å². The molecule has 3 aliphatic rings. The largest absolute Gasteiger partial charge is 0.348 e. The summed E-state index contributed by atoms with van der Waals surface area (Å²) in [6.45, 7) is 9.00. The first-order chi connectivity index (χ1) is 8.96. The summed E-state index contributed by atoms with van der Waals surface area (Å²) < 4.78 is 10.6. The molecule has 2 heteroatoms. The highest BCUT2D eigenvalue weighted by Crippen LogP contribution is 2.38. The van der Waals surface area contributed by atoms with Crippen LogP contribution in [0.5, 0.6) is 0 Å². The molecule has 1 saturated heterocycles. The number of rotatable bonds is 0. The van der Waals surface area contributed by atoms with E-state index in [9.17, 15) is 0 Å². The van der Waals surface area contributed by atoms with Gasteiger partial charge in [-0.3, -0.25) is 0 Å². The highest BCUT2D eigenvalue weighted by atomic mass is 16.7. The Labute approximate surface area is 118 Å². The molecule has 0 aromatic heterocycles. The third-order valence-corrected chi connectivity index (χ3v) is 4.45. The maximum atomic E-state index is 5.33. The zero-order valence-electron chi connectivity index (χ0n) is 13.1. The van der Waals surface area contributed by atoms with E-state index in [0.717, 1.165) is 18.4 Å². The fourth-order valence-electron chi connectivity index (χ4n) is 3.47. The Bertz CT molecular complexity index is 319. The van der Waals surface area contributed by atoms with E-state index >= 15 is 0 Å². The van der Waals surface area contributed by atoms with Crippen LogP contribution in [0.1, 0.15) is 66.2 Å². The van der Waals surface area contributed by atoms with Gasteiger partial charge < -0.3 is 9.47 Å². The fourth-order valence-corrected chi connectivity index (χ4v) is 3.47. The normalized spacial score (nSPS) is 36.8. The summed E-state index contributed by atoms with van der Waals surface area (Å²) in [7, 11) is 0. The molecule has 0 radical (unpaired) electrons. The van der Waals surface area contributed by atoms with E-state index in [-0.39, 0.29) is 11.9 Å². The van der Waals surface area contributed by atoms with Gasteiger partial charge in [0.2, 0.25) is 0 Å². The molecule has 110 valence electrons. The molecule has 0 N–H and O–H groups in total. The summed E-state index contributed by atoms with van der Waals surface area (Å²) >= 11 is 0. The molecule has 1 aliphatic heterocycles. The molecular weight excluding hydrogens is 236 g/mol. The van der Waals surface area contributed by atoms with Crippen molar-refractivity contribution < 1.29 is 9.47 Å². The Morgan fingerprint density at radius 2 is 2.00 bits per heavy atom. The number of hydrogen-bond donors (Lipinski definition) is 0. The summed E-state index contributed by atoms with van der Waals surface area (Å²) in [6, 6.07) is 0. The summed E-state index contributed by atoms with van der Waals surface area (Å²) in [5.74, 6) is 1.65. The Morgan fingerprint density at radius 3 is 2.58 bits per heavy atom. The molecule has 0 aromatic rings. The van der Waals surface area contributed by atoms with Crippen LogP contribution in [0.25, 0.3) is 0 Å². The second-order valence-corrected chi connectivity index (χ2v) is 6.93. The molecule has 0 bridgehead atoms.